The zero-order chi connectivity index (χ0) is 21.6. The standard InChI is InChI=1S/C22H25N3O4S/c1-14-13-24(22(27)16-7-8-16)21-12-18(9-10-20(21)25(14)15(2)26)17-5-4-6-19(11-17)30(28,29)23-3/h4-6,9-12,14,16,23H,7-8,13H2,1-3H3/t14-/m0/s1. The van der Waals surface area contributed by atoms with Crippen LogP contribution in [0.25, 0.3) is 11.1 Å². The third kappa shape index (κ3) is 3.61. The number of nitrogens with zero attached hydrogens (tertiary/aromatic N) is 2. The molecule has 1 fully saturated rings. The van der Waals surface area contributed by atoms with Crippen molar-refractivity contribution in [2.24, 2.45) is 5.92 Å². The summed E-state index contributed by atoms with van der Waals surface area (Å²) in [6.07, 6.45) is 1.80. The highest BCUT2D eigenvalue weighted by Gasteiger charge is 2.39. The van der Waals surface area contributed by atoms with Gasteiger partial charge in [-0.3, -0.25) is 9.59 Å². The Labute approximate surface area is 176 Å². The minimum Gasteiger partial charge on any atom is -0.308 e. The van der Waals surface area contributed by atoms with Crippen molar-refractivity contribution in [2.45, 2.75) is 37.6 Å². The molecule has 0 aromatic heterocycles. The fraction of sp³-hybridized carbons (Fsp3) is 0.364. The van der Waals surface area contributed by atoms with Gasteiger partial charge in [-0.15, -0.1) is 0 Å². The Kier molecular flexibility index (Phi) is 5.15. The maximum atomic E-state index is 13.0. The second-order valence-corrected chi connectivity index (χ2v) is 9.79. The summed E-state index contributed by atoms with van der Waals surface area (Å²) in [6.45, 7) is 3.91. The molecule has 0 saturated heterocycles. The van der Waals surface area contributed by atoms with Crippen molar-refractivity contribution < 1.29 is 18.0 Å². The molecule has 1 aliphatic heterocycles. The smallest absolute Gasteiger partial charge is 0.240 e. The van der Waals surface area contributed by atoms with E-state index in [1.807, 2.05) is 31.2 Å². The zero-order valence-corrected chi connectivity index (χ0v) is 18.1. The van der Waals surface area contributed by atoms with E-state index in [4.69, 9.17) is 0 Å². The molecular weight excluding hydrogens is 402 g/mol. The summed E-state index contributed by atoms with van der Waals surface area (Å²) in [5, 5.41) is 0. The molecule has 2 aliphatic rings. The Morgan fingerprint density at radius 2 is 1.73 bits per heavy atom. The van der Waals surface area contributed by atoms with Gasteiger partial charge in [0, 0.05) is 19.4 Å². The van der Waals surface area contributed by atoms with E-state index in [-0.39, 0.29) is 28.7 Å². The molecule has 1 atom stereocenters. The molecule has 2 aromatic carbocycles. The molecule has 158 valence electrons. The fourth-order valence-corrected chi connectivity index (χ4v) is 4.78. The van der Waals surface area contributed by atoms with Gasteiger partial charge >= 0.3 is 0 Å². The number of nitrogens with one attached hydrogen (secondary N) is 1. The fourth-order valence-electron chi connectivity index (χ4n) is 4.00. The monoisotopic (exact) mass is 427 g/mol. The molecule has 30 heavy (non-hydrogen) atoms. The number of amides is 2. The summed E-state index contributed by atoms with van der Waals surface area (Å²) >= 11 is 0. The number of benzene rings is 2. The van der Waals surface area contributed by atoms with E-state index >= 15 is 0 Å². The first-order valence-corrected chi connectivity index (χ1v) is 11.5. The van der Waals surface area contributed by atoms with Crippen LogP contribution in [0, 0.1) is 5.92 Å². The van der Waals surface area contributed by atoms with Gasteiger partial charge in [0.05, 0.1) is 22.3 Å². The minimum atomic E-state index is -3.57. The van der Waals surface area contributed by atoms with Crippen LogP contribution in [0.4, 0.5) is 11.4 Å². The molecule has 0 unspecified atom stereocenters. The van der Waals surface area contributed by atoms with E-state index in [1.165, 1.54) is 20.0 Å². The van der Waals surface area contributed by atoms with Crippen LogP contribution in [-0.2, 0) is 19.6 Å². The molecule has 0 bridgehead atoms. The van der Waals surface area contributed by atoms with Crippen molar-refractivity contribution in [1.29, 1.82) is 0 Å². The second kappa shape index (κ2) is 7.52. The third-order valence-corrected chi connectivity index (χ3v) is 7.10. The van der Waals surface area contributed by atoms with Gasteiger partial charge in [-0.25, -0.2) is 13.1 Å². The van der Waals surface area contributed by atoms with Crippen LogP contribution >= 0.6 is 0 Å². The maximum Gasteiger partial charge on any atom is 0.240 e. The van der Waals surface area contributed by atoms with Gasteiger partial charge in [-0.05, 0) is 62.2 Å². The average Bonchev–Trinajstić information content (AvgIpc) is 3.57. The molecule has 7 nitrogen and oxygen atoms in total. The lowest BCUT2D eigenvalue weighted by Gasteiger charge is -2.41. The molecule has 2 aromatic rings. The van der Waals surface area contributed by atoms with Crippen LogP contribution in [0.2, 0.25) is 0 Å². The van der Waals surface area contributed by atoms with Crippen molar-refractivity contribution in [3.63, 3.8) is 0 Å². The van der Waals surface area contributed by atoms with Crippen molar-refractivity contribution in [3.8, 4) is 11.1 Å². The van der Waals surface area contributed by atoms with E-state index in [2.05, 4.69) is 4.72 Å². The van der Waals surface area contributed by atoms with Crippen molar-refractivity contribution in [3.05, 3.63) is 42.5 Å². The van der Waals surface area contributed by atoms with E-state index in [0.29, 0.717) is 17.9 Å². The highest BCUT2D eigenvalue weighted by Crippen LogP contribution is 2.42. The molecule has 8 heteroatoms. The summed E-state index contributed by atoms with van der Waals surface area (Å²) in [5.74, 6) is 0.0776. The molecule has 1 aliphatic carbocycles. The molecule has 0 spiro atoms. The summed E-state index contributed by atoms with van der Waals surface area (Å²) in [6, 6.07) is 12.1. The van der Waals surface area contributed by atoms with Crippen LogP contribution in [0.15, 0.2) is 47.4 Å². The Morgan fingerprint density at radius 3 is 2.37 bits per heavy atom. The number of hydrogen-bond acceptors (Lipinski definition) is 4. The van der Waals surface area contributed by atoms with Gasteiger partial charge < -0.3 is 9.80 Å². The van der Waals surface area contributed by atoms with Gasteiger partial charge in [-0.2, -0.15) is 0 Å². The lowest BCUT2D eigenvalue weighted by molar-refractivity contribution is -0.120. The maximum absolute atomic E-state index is 13.0. The Hall–Kier alpha value is -2.71. The molecule has 2 amide bonds. The molecular formula is C22H25N3O4S. The minimum absolute atomic E-state index is 0.0571. The predicted molar refractivity (Wildman–Crippen MR) is 116 cm³/mol. The van der Waals surface area contributed by atoms with Crippen LogP contribution in [0.5, 0.6) is 0 Å². The van der Waals surface area contributed by atoms with E-state index in [0.717, 1.165) is 24.0 Å². The molecule has 1 N–H and O–H groups in total. The average molecular weight is 428 g/mol. The number of anilines is 2. The van der Waals surface area contributed by atoms with Crippen molar-refractivity contribution in [1.82, 2.24) is 4.72 Å². The van der Waals surface area contributed by atoms with Crippen LogP contribution in [-0.4, -0.2) is 39.9 Å². The first-order chi connectivity index (χ1) is 14.2. The normalized spacial score (nSPS) is 18.8. The van der Waals surface area contributed by atoms with E-state index < -0.39 is 10.0 Å². The molecule has 1 saturated carbocycles. The van der Waals surface area contributed by atoms with Crippen LogP contribution < -0.4 is 14.5 Å². The zero-order valence-electron chi connectivity index (χ0n) is 17.3. The second-order valence-electron chi connectivity index (χ2n) is 7.90. The largest absolute Gasteiger partial charge is 0.308 e. The summed E-state index contributed by atoms with van der Waals surface area (Å²) in [4.78, 5) is 28.9. The highest BCUT2D eigenvalue weighted by atomic mass is 32.2. The number of fused-ring (bicyclic) bond motifs is 1. The Balaban J connectivity index is 1.82. The van der Waals surface area contributed by atoms with Gasteiger partial charge in [0.15, 0.2) is 0 Å². The predicted octanol–water partition coefficient (Wildman–Crippen LogP) is 2.76. The Morgan fingerprint density at radius 1 is 1.03 bits per heavy atom. The SMILES string of the molecule is CNS(=O)(=O)c1cccc(-c2ccc3c(c2)N(C(=O)C2CC2)C[C@H](C)N3C(C)=O)c1. The molecule has 0 radical (unpaired) electrons. The molecule has 1 heterocycles. The summed E-state index contributed by atoms with van der Waals surface area (Å²) < 4.78 is 26.7. The molecule has 4 rings (SSSR count). The summed E-state index contributed by atoms with van der Waals surface area (Å²) in [7, 11) is -2.19. The van der Waals surface area contributed by atoms with Crippen molar-refractivity contribution in [2.75, 3.05) is 23.4 Å². The quantitative estimate of drug-likeness (QED) is 0.813. The first kappa shape index (κ1) is 20.6. The number of hydrogen-bond donors (Lipinski definition) is 1. The number of rotatable bonds is 4. The van der Waals surface area contributed by atoms with Crippen LogP contribution in [0.1, 0.15) is 26.7 Å². The van der Waals surface area contributed by atoms with Gasteiger partial charge in [0.25, 0.3) is 0 Å². The number of carbonyl (C=O) groups excluding carboxylic acids is 2. The van der Waals surface area contributed by atoms with Gasteiger partial charge in [0.2, 0.25) is 21.8 Å². The third-order valence-electron chi connectivity index (χ3n) is 5.69. The number of sulfonamides is 1. The highest BCUT2D eigenvalue weighted by molar-refractivity contribution is 7.89. The van der Waals surface area contributed by atoms with Crippen molar-refractivity contribution >= 4 is 33.2 Å². The lowest BCUT2D eigenvalue weighted by Crippen LogP contribution is -2.51. The van der Waals surface area contributed by atoms with Gasteiger partial charge in [0.1, 0.15) is 0 Å². The first-order valence-electron chi connectivity index (χ1n) is 10.0. The topological polar surface area (TPSA) is 86.8 Å². The van der Waals surface area contributed by atoms with E-state index in [9.17, 15) is 18.0 Å². The van der Waals surface area contributed by atoms with Gasteiger partial charge in [-0.1, -0.05) is 18.2 Å². The number of carbonyl (C=O) groups is 2. The Bertz CT molecular complexity index is 1120. The van der Waals surface area contributed by atoms with E-state index in [1.54, 1.807) is 21.9 Å². The summed E-state index contributed by atoms with van der Waals surface area (Å²) in [5.41, 5.74) is 2.91. The van der Waals surface area contributed by atoms with Crippen LogP contribution in [0.3, 0.4) is 0 Å². The lowest BCUT2D eigenvalue weighted by atomic mass is 10.00.